The van der Waals surface area contributed by atoms with Gasteiger partial charge in [0.15, 0.2) is 11.5 Å². The minimum Gasteiger partial charge on any atom is -0.392 e. The summed E-state index contributed by atoms with van der Waals surface area (Å²) >= 11 is 0. The first-order valence-corrected chi connectivity index (χ1v) is 7.41. The third kappa shape index (κ3) is 1.70. The van der Waals surface area contributed by atoms with Gasteiger partial charge < -0.3 is 20.5 Å². The van der Waals surface area contributed by atoms with Crippen molar-refractivity contribution in [3.05, 3.63) is 12.7 Å². The van der Waals surface area contributed by atoms with Crippen molar-refractivity contribution in [2.45, 2.75) is 50.4 Å². The van der Waals surface area contributed by atoms with E-state index in [1.54, 1.807) is 6.33 Å². The SMILES string of the molecule is Nc1ncnc2c1ncn2[C@H]1C[C@H](O)[C@@]2(CCC[C@H]2O)C1. The Hall–Kier alpha value is -1.73. The summed E-state index contributed by atoms with van der Waals surface area (Å²) in [4.78, 5) is 12.5. The number of aliphatic hydroxyl groups excluding tert-OH is 2. The average Bonchev–Trinajstić information content (AvgIpc) is 3.12. The molecule has 4 atom stereocenters. The Morgan fingerprint density at radius 3 is 2.86 bits per heavy atom. The standard InChI is InChI=1S/C14H19N5O2/c15-12-11-13(17-6-16-12)19(7-18-11)8-4-10(21)14(5-8)3-1-2-9(14)20/h6-10,20-21H,1-5H2,(H2,15,16,17)/t8-,9+,10-,14-/m0/s1. The van der Waals surface area contributed by atoms with Crippen LogP contribution in [0.4, 0.5) is 5.82 Å². The molecular weight excluding hydrogens is 270 g/mol. The Bertz CT molecular complexity index is 687. The molecule has 21 heavy (non-hydrogen) atoms. The summed E-state index contributed by atoms with van der Waals surface area (Å²) in [7, 11) is 0. The van der Waals surface area contributed by atoms with E-state index < -0.39 is 12.2 Å². The summed E-state index contributed by atoms with van der Waals surface area (Å²) in [5, 5.41) is 20.8. The largest absolute Gasteiger partial charge is 0.392 e. The first-order valence-electron chi connectivity index (χ1n) is 7.41. The number of hydrogen-bond acceptors (Lipinski definition) is 6. The Kier molecular flexibility index (Phi) is 2.71. The highest BCUT2D eigenvalue weighted by molar-refractivity contribution is 5.81. The molecular formula is C14H19N5O2. The lowest BCUT2D eigenvalue weighted by atomic mass is 9.80. The van der Waals surface area contributed by atoms with E-state index in [2.05, 4.69) is 15.0 Å². The van der Waals surface area contributed by atoms with E-state index in [4.69, 9.17) is 5.73 Å². The molecule has 112 valence electrons. The van der Waals surface area contributed by atoms with Crippen LogP contribution in [-0.4, -0.2) is 41.9 Å². The second-order valence-corrected chi connectivity index (χ2v) is 6.33. The lowest BCUT2D eigenvalue weighted by Gasteiger charge is -2.31. The van der Waals surface area contributed by atoms with E-state index in [0.717, 1.165) is 25.7 Å². The molecule has 7 nitrogen and oxygen atoms in total. The first-order chi connectivity index (χ1) is 10.1. The molecule has 2 aromatic rings. The maximum Gasteiger partial charge on any atom is 0.165 e. The Labute approximate surface area is 121 Å². The van der Waals surface area contributed by atoms with Crippen LogP contribution < -0.4 is 5.73 Å². The number of fused-ring (bicyclic) bond motifs is 1. The molecule has 4 rings (SSSR count). The third-order valence-corrected chi connectivity index (χ3v) is 5.34. The summed E-state index contributed by atoms with van der Waals surface area (Å²) in [6.07, 6.45) is 6.28. The minimum atomic E-state index is -0.475. The molecule has 1 spiro atoms. The van der Waals surface area contributed by atoms with Gasteiger partial charge in [0.1, 0.15) is 11.8 Å². The maximum atomic E-state index is 10.5. The van der Waals surface area contributed by atoms with E-state index in [1.807, 2.05) is 4.57 Å². The number of nitrogen functional groups attached to an aromatic ring is 1. The van der Waals surface area contributed by atoms with Crippen molar-refractivity contribution in [1.29, 1.82) is 0 Å². The predicted molar refractivity (Wildman–Crippen MR) is 76.3 cm³/mol. The molecule has 7 heteroatoms. The zero-order valence-electron chi connectivity index (χ0n) is 11.7. The summed E-state index contributed by atoms with van der Waals surface area (Å²) in [6, 6.07) is 0.0899. The van der Waals surface area contributed by atoms with Gasteiger partial charge in [-0.05, 0) is 25.7 Å². The number of nitrogens with zero attached hydrogens (tertiary/aromatic N) is 4. The molecule has 0 radical (unpaired) electrons. The fraction of sp³-hybridized carbons (Fsp3) is 0.643. The fourth-order valence-corrected chi connectivity index (χ4v) is 4.21. The van der Waals surface area contributed by atoms with Crippen molar-refractivity contribution in [3.63, 3.8) is 0 Å². The van der Waals surface area contributed by atoms with Crippen molar-refractivity contribution < 1.29 is 10.2 Å². The number of aromatic nitrogens is 4. The number of aliphatic hydroxyl groups is 2. The molecule has 4 N–H and O–H groups in total. The molecule has 0 saturated heterocycles. The van der Waals surface area contributed by atoms with Crippen LogP contribution in [0.2, 0.25) is 0 Å². The summed E-state index contributed by atoms with van der Waals surface area (Å²) in [5.74, 6) is 0.368. The topological polar surface area (TPSA) is 110 Å². The normalized spacial score (nSPS) is 36.0. The first kappa shape index (κ1) is 13.0. The fourth-order valence-electron chi connectivity index (χ4n) is 4.21. The molecule has 2 saturated carbocycles. The lowest BCUT2D eigenvalue weighted by Crippen LogP contribution is -2.37. The van der Waals surface area contributed by atoms with E-state index in [1.165, 1.54) is 6.33 Å². The zero-order chi connectivity index (χ0) is 14.6. The van der Waals surface area contributed by atoms with Gasteiger partial charge in [-0.3, -0.25) is 0 Å². The highest BCUT2D eigenvalue weighted by Gasteiger charge is 2.54. The van der Waals surface area contributed by atoms with Crippen molar-refractivity contribution in [3.8, 4) is 0 Å². The second-order valence-electron chi connectivity index (χ2n) is 6.33. The maximum absolute atomic E-state index is 10.5. The quantitative estimate of drug-likeness (QED) is 0.710. The van der Waals surface area contributed by atoms with Gasteiger partial charge in [-0.1, -0.05) is 6.42 Å². The van der Waals surface area contributed by atoms with Gasteiger partial charge in [0.05, 0.1) is 18.5 Å². The number of anilines is 1. The van der Waals surface area contributed by atoms with Crippen LogP contribution >= 0.6 is 0 Å². The molecule has 0 aliphatic heterocycles. The van der Waals surface area contributed by atoms with Gasteiger partial charge in [0, 0.05) is 11.5 Å². The van der Waals surface area contributed by atoms with Crippen LogP contribution in [-0.2, 0) is 0 Å². The van der Waals surface area contributed by atoms with E-state index in [9.17, 15) is 10.2 Å². The minimum absolute atomic E-state index is 0.0899. The summed E-state index contributed by atoms with van der Waals surface area (Å²) in [6.45, 7) is 0. The Morgan fingerprint density at radius 1 is 1.24 bits per heavy atom. The van der Waals surface area contributed by atoms with Crippen LogP contribution in [0.5, 0.6) is 0 Å². The molecule has 2 aliphatic carbocycles. The van der Waals surface area contributed by atoms with Gasteiger partial charge in [0.25, 0.3) is 0 Å². The highest BCUT2D eigenvalue weighted by Crippen LogP contribution is 2.54. The van der Waals surface area contributed by atoms with E-state index in [-0.39, 0.29) is 11.5 Å². The Balaban J connectivity index is 1.73. The van der Waals surface area contributed by atoms with Gasteiger partial charge in [-0.2, -0.15) is 0 Å². The number of hydrogen-bond donors (Lipinski definition) is 3. The molecule has 0 amide bonds. The molecule has 0 aromatic carbocycles. The van der Waals surface area contributed by atoms with Crippen LogP contribution in [0.25, 0.3) is 11.2 Å². The molecule has 2 fully saturated rings. The monoisotopic (exact) mass is 289 g/mol. The van der Waals surface area contributed by atoms with Crippen LogP contribution in [0.15, 0.2) is 12.7 Å². The van der Waals surface area contributed by atoms with E-state index in [0.29, 0.717) is 23.4 Å². The predicted octanol–water partition coefficient (Wildman–Crippen LogP) is 0.635. The van der Waals surface area contributed by atoms with Crippen molar-refractivity contribution in [2.24, 2.45) is 5.41 Å². The molecule has 0 unspecified atom stereocenters. The zero-order valence-corrected chi connectivity index (χ0v) is 11.7. The van der Waals surface area contributed by atoms with Gasteiger partial charge >= 0.3 is 0 Å². The number of nitrogens with two attached hydrogens (primary N) is 1. The van der Waals surface area contributed by atoms with Gasteiger partial charge in [-0.15, -0.1) is 0 Å². The third-order valence-electron chi connectivity index (χ3n) is 5.34. The molecule has 2 aromatic heterocycles. The van der Waals surface area contributed by atoms with Crippen LogP contribution in [0.1, 0.15) is 38.1 Å². The second kappa shape index (κ2) is 4.38. The average molecular weight is 289 g/mol. The molecule has 0 bridgehead atoms. The van der Waals surface area contributed by atoms with Crippen molar-refractivity contribution >= 4 is 17.0 Å². The smallest absolute Gasteiger partial charge is 0.165 e. The summed E-state index contributed by atoms with van der Waals surface area (Å²) < 4.78 is 1.97. The molecule has 2 aliphatic rings. The van der Waals surface area contributed by atoms with E-state index >= 15 is 0 Å². The number of imidazole rings is 1. The molecule has 2 heterocycles. The van der Waals surface area contributed by atoms with Gasteiger partial charge in [-0.25, -0.2) is 15.0 Å². The Morgan fingerprint density at radius 2 is 2.10 bits per heavy atom. The van der Waals surface area contributed by atoms with Crippen molar-refractivity contribution in [2.75, 3.05) is 5.73 Å². The van der Waals surface area contributed by atoms with Crippen molar-refractivity contribution in [1.82, 2.24) is 19.5 Å². The van der Waals surface area contributed by atoms with Crippen LogP contribution in [0.3, 0.4) is 0 Å². The summed E-state index contributed by atoms with van der Waals surface area (Å²) in [5.41, 5.74) is 6.75. The lowest BCUT2D eigenvalue weighted by molar-refractivity contribution is -0.0302. The number of rotatable bonds is 1. The van der Waals surface area contributed by atoms with Gasteiger partial charge in [0.2, 0.25) is 0 Å². The van der Waals surface area contributed by atoms with Crippen LogP contribution in [0, 0.1) is 5.41 Å². The highest BCUT2D eigenvalue weighted by atomic mass is 16.3.